The Balaban J connectivity index is 1.53. The van der Waals surface area contributed by atoms with Gasteiger partial charge in [0.15, 0.2) is 5.13 Å². The topological polar surface area (TPSA) is 108 Å². The van der Waals surface area contributed by atoms with E-state index < -0.39 is 5.97 Å². The number of carbonyl (C=O) groups excluding carboxylic acids is 2. The molecule has 0 unspecified atom stereocenters. The number of fused-ring (bicyclic) bond motifs is 1. The van der Waals surface area contributed by atoms with Crippen molar-refractivity contribution in [1.29, 1.82) is 0 Å². The van der Waals surface area contributed by atoms with Crippen molar-refractivity contribution in [3.05, 3.63) is 48.0 Å². The summed E-state index contributed by atoms with van der Waals surface area (Å²) < 4.78 is 1.03. The molecule has 9 heteroatoms. The molecule has 0 saturated heterocycles. The number of carboxylic acids is 1. The first-order chi connectivity index (χ1) is 13.9. The van der Waals surface area contributed by atoms with E-state index in [1.54, 1.807) is 18.2 Å². The van der Waals surface area contributed by atoms with Gasteiger partial charge >= 0.3 is 5.97 Å². The number of nitrogens with one attached hydrogen (secondary N) is 2. The Bertz CT molecular complexity index is 1060. The van der Waals surface area contributed by atoms with Crippen molar-refractivity contribution in [2.45, 2.75) is 24.7 Å². The number of aromatic nitrogens is 1. The number of aliphatic carboxylic acids is 1. The summed E-state index contributed by atoms with van der Waals surface area (Å²) in [5.74, 6) is -1.34. The van der Waals surface area contributed by atoms with E-state index in [4.69, 9.17) is 5.11 Å². The predicted octanol–water partition coefficient (Wildman–Crippen LogP) is 4.14. The maximum Gasteiger partial charge on any atom is 0.303 e. The second-order valence-corrected chi connectivity index (χ2v) is 8.38. The zero-order valence-corrected chi connectivity index (χ0v) is 17.2. The number of hydrogen-bond donors (Lipinski definition) is 3. The van der Waals surface area contributed by atoms with Gasteiger partial charge in [0, 0.05) is 17.0 Å². The van der Waals surface area contributed by atoms with Crippen molar-refractivity contribution in [3.63, 3.8) is 0 Å². The predicted molar refractivity (Wildman–Crippen MR) is 116 cm³/mol. The fraction of sp³-hybridized carbons (Fsp3) is 0.200. The molecule has 3 aromatic rings. The molecule has 0 bridgehead atoms. The van der Waals surface area contributed by atoms with Crippen LogP contribution in [0.15, 0.2) is 47.4 Å². The number of anilines is 2. The summed E-state index contributed by atoms with van der Waals surface area (Å²) in [5.41, 5.74) is 2.56. The Morgan fingerprint density at radius 1 is 1.07 bits per heavy atom. The molecule has 3 N–H and O–H groups in total. The number of aryl methyl sites for hydroxylation is 1. The second kappa shape index (κ2) is 9.53. The van der Waals surface area contributed by atoms with E-state index in [0.717, 1.165) is 20.7 Å². The summed E-state index contributed by atoms with van der Waals surface area (Å²) in [5, 5.41) is 14.7. The van der Waals surface area contributed by atoms with E-state index in [1.165, 1.54) is 23.1 Å². The van der Waals surface area contributed by atoms with Gasteiger partial charge in [-0.25, -0.2) is 4.98 Å². The molecule has 2 amide bonds. The Morgan fingerprint density at radius 2 is 1.90 bits per heavy atom. The lowest BCUT2D eigenvalue weighted by Gasteiger charge is -2.07. The molecular formula is C20H19N3O4S2. The lowest BCUT2D eigenvalue weighted by Crippen LogP contribution is -2.14. The minimum atomic E-state index is -1.02. The maximum atomic E-state index is 12.3. The third kappa shape index (κ3) is 6.30. The molecule has 1 aromatic heterocycles. The average molecular weight is 430 g/mol. The standard InChI is InChI=1S/C20H19N3O4S2/c1-12-5-6-15-16(9-12)29-20(22-15)23-18(25)11-28-14-4-2-3-13(10-14)21-17(24)7-8-19(26)27/h2-6,9-10H,7-8,11H2,1H3,(H,21,24)(H,26,27)(H,22,23,25). The molecule has 0 spiro atoms. The van der Waals surface area contributed by atoms with Crippen molar-refractivity contribution in [2.24, 2.45) is 0 Å². The Kier molecular flexibility index (Phi) is 6.84. The van der Waals surface area contributed by atoms with Crippen molar-refractivity contribution in [3.8, 4) is 0 Å². The maximum absolute atomic E-state index is 12.3. The van der Waals surface area contributed by atoms with Gasteiger partial charge in [0.05, 0.1) is 22.4 Å². The fourth-order valence-corrected chi connectivity index (χ4v) is 4.23. The van der Waals surface area contributed by atoms with Crippen LogP contribution in [0, 0.1) is 6.92 Å². The first-order valence-corrected chi connectivity index (χ1v) is 10.6. The summed E-state index contributed by atoms with van der Waals surface area (Å²) in [4.78, 5) is 39.8. The van der Waals surface area contributed by atoms with Gasteiger partial charge in [-0.3, -0.25) is 14.4 Å². The normalized spacial score (nSPS) is 10.7. The number of thiazole rings is 1. The van der Waals surface area contributed by atoms with Gasteiger partial charge < -0.3 is 15.7 Å². The molecule has 150 valence electrons. The molecule has 0 atom stereocenters. The van der Waals surface area contributed by atoms with Crippen LogP contribution in [0.25, 0.3) is 10.2 Å². The number of carbonyl (C=O) groups is 3. The molecular weight excluding hydrogens is 410 g/mol. The van der Waals surface area contributed by atoms with Gasteiger partial charge in [-0.05, 0) is 42.8 Å². The molecule has 0 saturated carbocycles. The van der Waals surface area contributed by atoms with Crippen molar-refractivity contribution in [1.82, 2.24) is 4.98 Å². The highest BCUT2D eigenvalue weighted by Gasteiger charge is 2.10. The molecule has 1 heterocycles. The Hall–Kier alpha value is -2.91. The van der Waals surface area contributed by atoms with Crippen LogP contribution in [0.2, 0.25) is 0 Å². The van der Waals surface area contributed by atoms with Crippen LogP contribution in [0.4, 0.5) is 10.8 Å². The minimum Gasteiger partial charge on any atom is -0.481 e. The van der Waals surface area contributed by atoms with Gasteiger partial charge in [-0.15, -0.1) is 11.8 Å². The van der Waals surface area contributed by atoms with Crippen LogP contribution < -0.4 is 10.6 Å². The van der Waals surface area contributed by atoms with Gasteiger partial charge in [0.25, 0.3) is 0 Å². The van der Waals surface area contributed by atoms with Gasteiger partial charge in [-0.2, -0.15) is 0 Å². The van der Waals surface area contributed by atoms with E-state index in [1.807, 2.05) is 31.2 Å². The number of hydrogen-bond acceptors (Lipinski definition) is 6. The second-order valence-electron chi connectivity index (χ2n) is 6.30. The number of benzene rings is 2. The van der Waals surface area contributed by atoms with Crippen molar-refractivity contribution in [2.75, 3.05) is 16.4 Å². The molecule has 0 aliphatic rings. The van der Waals surface area contributed by atoms with Crippen molar-refractivity contribution >= 4 is 61.9 Å². The summed E-state index contributed by atoms with van der Waals surface area (Å²) >= 11 is 2.77. The molecule has 0 aliphatic carbocycles. The number of thioether (sulfide) groups is 1. The first kappa shape index (κ1) is 20.8. The molecule has 29 heavy (non-hydrogen) atoms. The van der Waals surface area contributed by atoms with Gasteiger partial charge in [0.2, 0.25) is 11.8 Å². The summed E-state index contributed by atoms with van der Waals surface area (Å²) in [6.07, 6.45) is -0.303. The fourth-order valence-electron chi connectivity index (χ4n) is 2.50. The number of rotatable bonds is 8. The zero-order chi connectivity index (χ0) is 20.8. The van der Waals surface area contributed by atoms with Crippen LogP contribution in [0.5, 0.6) is 0 Å². The minimum absolute atomic E-state index is 0.0865. The van der Waals surface area contributed by atoms with E-state index in [-0.39, 0.29) is 30.4 Å². The molecule has 2 aromatic carbocycles. The highest BCUT2D eigenvalue weighted by molar-refractivity contribution is 8.00. The average Bonchev–Trinajstić information content (AvgIpc) is 3.06. The monoisotopic (exact) mass is 429 g/mol. The number of nitrogens with zero attached hydrogens (tertiary/aromatic N) is 1. The van der Waals surface area contributed by atoms with Gasteiger partial charge in [0.1, 0.15) is 0 Å². The Morgan fingerprint density at radius 3 is 2.69 bits per heavy atom. The first-order valence-electron chi connectivity index (χ1n) is 8.80. The lowest BCUT2D eigenvalue weighted by atomic mass is 10.2. The summed E-state index contributed by atoms with van der Waals surface area (Å²) in [6.45, 7) is 2.01. The van der Waals surface area contributed by atoms with Crippen LogP contribution in [0.1, 0.15) is 18.4 Å². The summed E-state index contributed by atoms with van der Waals surface area (Å²) in [6, 6.07) is 13.0. The molecule has 3 rings (SSSR count). The molecule has 0 aliphatic heterocycles. The molecule has 0 radical (unpaired) electrons. The van der Waals surface area contributed by atoms with Crippen molar-refractivity contribution < 1.29 is 19.5 Å². The Labute approximate surface area is 175 Å². The zero-order valence-electron chi connectivity index (χ0n) is 15.6. The highest BCUT2D eigenvalue weighted by Crippen LogP contribution is 2.27. The smallest absolute Gasteiger partial charge is 0.303 e. The largest absolute Gasteiger partial charge is 0.481 e. The number of amides is 2. The molecule has 0 fully saturated rings. The quantitative estimate of drug-likeness (QED) is 0.465. The SMILES string of the molecule is Cc1ccc2nc(NC(=O)CSc3cccc(NC(=O)CCC(=O)O)c3)sc2c1. The van der Waals surface area contributed by atoms with E-state index in [0.29, 0.717) is 10.8 Å². The van der Waals surface area contributed by atoms with Crippen LogP contribution >= 0.6 is 23.1 Å². The van der Waals surface area contributed by atoms with E-state index in [9.17, 15) is 14.4 Å². The van der Waals surface area contributed by atoms with E-state index >= 15 is 0 Å². The van der Waals surface area contributed by atoms with Gasteiger partial charge in [-0.1, -0.05) is 23.5 Å². The third-order valence-electron chi connectivity index (χ3n) is 3.84. The van der Waals surface area contributed by atoms with Crippen LogP contribution in [-0.4, -0.2) is 33.6 Å². The highest BCUT2D eigenvalue weighted by atomic mass is 32.2. The van der Waals surface area contributed by atoms with Crippen LogP contribution in [0.3, 0.4) is 0 Å². The molecule has 7 nitrogen and oxygen atoms in total. The summed E-state index contributed by atoms with van der Waals surface area (Å²) in [7, 11) is 0. The van der Waals surface area contributed by atoms with E-state index in [2.05, 4.69) is 15.6 Å². The lowest BCUT2D eigenvalue weighted by molar-refractivity contribution is -0.138. The number of carboxylic acid groups (broad SMARTS) is 1. The van der Waals surface area contributed by atoms with Crippen LogP contribution in [-0.2, 0) is 14.4 Å². The third-order valence-corrected chi connectivity index (χ3v) is 5.77.